The topological polar surface area (TPSA) is 58.1 Å². The third-order valence-corrected chi connectivity index (χ3v) is 3.89. The minimum Gasteiger partial charge on any atom is -0.351 e. The van der Waals surface area contributed by atoms with Gasteiger partial charge in [-0.2, -0.15) is 0 Å². The highest BCUT2D eigenvalue weighted by atomic mass is 35.5. The molecule has 1 amide bonds. The predicted molar refractivity (Wildman–Crippen MR) is 85.9 cm³/mol. The Morgan fingerprint density at radius 3 is 2.95 bits per heavy atom. The summed E-state index contributed by atoms with van der Waals surface area (Å²) in [6, 6.07) is 7.81. The summed E-state index contributed by atoms with van der Waals surface area (Å²) in [7, 11) is 0. The second kappa shape index (κ2) is 6.75. The van der Waals surface area contributed by atoms with E-state index in [4.69, 9.17) is 11.6 Å². The molecule has 0 unspecified atom stereocenters. The lowest BCUT2D eigenvalue weighted by Gasteiger charge is -2.40. The second-order valence-corrected chi connectivity index (χ2v) is 5.80. The SMILES string of the molecule is O=C(CCc1cccc(Cl)c1)NC1CN(c2cnccn2)C1. The largest absolute Gasteiger partial charge is 0.351 e. The molecule has 3 rings (SSSR count). The predicted octanol–water partition coefficient (Wildman–Crippen LogP) is 2.07. The third-order valence-electron chi connectivity index (χ3n) is 3.65. The first kappa shape index (κ1) is 14.8. The second-order valence-electron chi connectivity index (χ2n) is 5.36. The number of hydrogen-bond acceptors (Lipinski definition) is 4. The molecule has 1 N–H and O–H groups in total. The van der Waals surface area contributed by atoms with Crippen molar-refractivity contribution in [3.63, 3.8) is 0 Å². The molecule has 6 heteroatoms. The maximum Gasteiger partial charge on any atom is 0.220 e. The van der Waals surface area contributed by atoms with Gasteiger partial charge in [-0.25, -0.2) is 4.98 Å². The van der Waals surface area contributed by atoms with Crippen molar-refractivity contribution in [3.05, 3.63) is 53.4 Å². The van der Waals surface area contributed by atoms with Crippen molar-refractivity contribution in [2.75, 3.05) is 18.0 Å². The minimum atomic E-state index is 0.0729. The molecular formula is C16H17ClN4O. The van der Waals surface area contributed by atoms with E-state index in [2.05, 4.69) is 20.2 Å². The highest BCUT2D eigenvalue weighted by molar-refractivity contribution is 6.30. The Hall–Kier alpha value is -2.14. The molecule has 1 saturated heterocycles. The summed E-state index contributed by atoms with van der Waals surface area (Å²) in [5.74, 6) is 0.927. The number of rotatable bonds is 5. The lowest BCUT2D eigenvalue weighted by molar-refractivity contribution is -0.121. The van der Waals surface area contributed by atoms with Crippen LogP contribution in [0.4, 0.5) is 5.82 Å². The van der Waals surface area contributed by atoms with E-state index in [1.807, 2.05) is 24.3 Å². The van der Waals surface area contributed by atoms with Gasteiger partial charge in [-0.15, -0.1) is 0 Å². The minimum absolute atomic E-state index is 0.0729. The quantitative estimate of drug-likeness (QED) is 0.917. The Labute approximate surface area is 134 Å². The summed E-state index contributed by atoms with van der Waals surface area (Å²) in [5, 5.41) is 3.74. The van der Waals surface area contributed by atoms with Gasteiger partial charge in [0.2, 0.25) is 5.91 Å². The molecule has 0 atom stereocenters. The number of aromatic nitrogens is 2. The van der Waals surface area contributed by atoms with E-state index in [1.54, 1.807) is 18.6 Å². The number of hydrogen-bond donors (Lipinski definition) is 1. The lowest BCUT2D eigenvalue weighted by atomic mass is 10.1. The van der Waals surface area contributed by atoms with Crippen LogP contribution in [-0.4, -0.2) is 35.0 Å². The summed E-state index contributed by atoms with van der Waals surface area (Å²) < 4.78 is 0. The highest BCUT2D eigenvalue weighted by Gasteiger charge is 2.28. The summed E-state index contributed by atoms with van der Waals surface area (Å²) in [4.78, 5) is 22.3. The standard InChI is InChI=1S/C16H17ClN4O/c17-13-3-1-2-12(8-13)4-5-16(22)20-14-10-21(11-14)15-9-18-6-7-19-15/h1-3,6-9,14H,4-5,10-11H2,(H,20,22). The average Bonchev–Trinajstić information content (AvgIpc) is 2.49. The number of benzene rings is 1. The molecule has 2 aromatic rings. The molecule has 5 nitrogen and oxygen atoms in total. The number of nitrogens with one attached hydrogen (secondary N) is 1. The van der Waals surface area contributed by atoms with Crippen molar-refractivity contribution in [2.24, 2.45) is 0 Å². The average molecular weight is 317 g/mol. The van der Waals surface area contributed by atoms with Crippen molar-refractivity contribution < 1.29 is 4.79 Å². The molecule has 0 aliphatic carbocycles. The van der Waals surface area contributed by atoms with Crippen LogP contribution >= 0.6 is 11.6 Å². The smallest absolute Gasteiger partial charge is 0.220 e. The Morgan fingerprint density at radius 2 is 2.23 bits per heavy atom. The zero-order chi connectivity index (χ0) is 15.4. The summed E-state index contributed by atoms with van der Waals surface area (Å²) >= 11 is 5.93. The van der Waals surface area contributed by atoms with Crippen LogP contribution in [0.15, 0.2) is 42.9 Å². The fourth-order valence-corrected chi connectivity index (χ4v) is 2.67. The molecule has 22 heavy (non-hydrogen) atoms. The molecular weight excluding hydrogens is 300 g/mol. The molecule has 2 heterocycles. The van der Waals surface area contributed by atoms with Crippen LogP contribution in [0.3, 0.4) is 0 Å². The van der Waals surface area contributed by atoms with Crippen molar-refractivity contribution in [2.45, 2.75) is 18.9 Å². The lowest BCUT2D eigenvalue weighted by Crippen LogP contribution is -2.59. The van der Waals surface area contributed by atoms with E-state index in [0.29, 0.717) is 17.9 Å². The van der Waals surface area contributed by atoms with Gasteiger partial charge >= 0.3 is 0 Å². The maximum absolute atomic E-state index is 12.0. The van der Waals surface area contributed by atoms with E-state index in [0.717, 1.165) is 24.5 Å². The van der Waals surface area contributed by atoms with Crippen LogP contribution in [-0.2, 0) is 11.2 Å². The number of anilines is 1. The maximum atomic E-state index is 12.0. The number of carbonyl (C=O) groups is 1. The van der Waals surface area contributed by atoms with Crippen LogP contribution in [0.5, 0.6) is 0 Å². The van der Waals surface area contributed by atoms with Crippen molar-refractivity contribution in [1.29, 1.82) is 0 Å². The van der Waals surface area contributed by atoms with Gasteiger partial charge in [0.15, 0.2) is 0 Å². The number of halogens is 1. The number of aryl methyl sites for hydroxylation is 1. The Kier molecular flexibility index (Phi) is 4.53. The van der Waals surface area contributed by atoms with E-state index < -0.39 is 0 Å². The van der Waals surface area contributed by atoms with Crippen molar-refractivity contribution >= 4 is 23.3 Å². The van der Waals surface area contributed by atoms with E-state index in [-0.39, 0.29) is 11.9 Å². The molecule has 0 bridgehead atoms. The molecule has 1 aromatic heterocycles. The van der Waals surface area contributed by atoms with Gasteiger partial charge in [-0.1, -0.05) is 23.7 Å². The Morgan fingerprint density at radius 1 is 1.36 bits per heavy atom. The Bertz CT molecular complexity index is 644. The number of carbonyl (C=O) groups excluding carboxylic acids is 1. The molecule has 1 aliphatic rings. The molecule has 1 aromatic carbocycles. The first-order valence-corrected chi connectivity index (χ1v) is 7.63. The van der Waals surface area contributed by atoms with Crippen LogP contribution in [0.1, 0.15) is 12.0 Å². The zero-order valence-electron chi connectivity index (χ0n) is 12.1. The molecule has 0 spiro atoms. The van der Waals surface area contributed by atoms with E-state index in [9.17, 15) is 4.79 Å². The zero-order valence-corrected chi connectivity index (χ0v) is 12.8. The molecule has 0 saturated carbocycles. The van der Waals surface area contributed by atoms with Crippen molar-refractivity contribution in [3.8, 4) is 0 Å². The van der Waals surface area contributed by atoms with E-state index >= 15 is 0 Å². The molecule has 1 aliphatic heterocycles. The van der Waals surface area contributed by atoms with E-state index in [1.165, 1.54) is 0 Å². The van der Waals surface area contributed by atoms with Gasteiger partial charge in [0.1, 0.15) is 5.82 Å². The molecule has 114 valence electrons. The van der Waals surface area contributed by atoms with Crippen LogP contribution in [0.25, 0.3) is 0 Å². The first-order valence-electron chi connectivity index (χ1n) is 7.25. The van der Waals surface area contributed by atoms with Crippen molar-refractivity contribution in [1.82, 2.24) is 15.3 Å². The normalized spacial score (nSPS) is 14.5. The third kappa shape index (κ3) is 3.74. The van der Waals surface area contributed by atoms with Crippen LogP contribution in [0, 0.1) is 0 Å². The van der Waals surface area contributed by atoms with Crippen LogP contribution in [0.2, 0.25) is 5.02 Å². The van der Waals surface area contributed by atoms with Gasteiger partial charge in [-0.3, -0.25) is 9.78 Å². The van der Waals surface area contributed by atoms with Gasteiger partial charge in [0.05, 0.1) is 12.2 Å². The number of amides is 1. The molecule has 0 radical (unpaired) electrons. The summed E-state index contributed by atoms with van der Waals surface area (Å²) in [5.41, 5.74) is 1.08. The van der Waals surface area contributed by atoms with Gasteiger partial charge in [-0.05, 0) is 24.1 Å². The fraction of sp³-hybridized carbons (Fsp3) is 0.312. The van der Waals surface area contributed by atoms with Gasteiger partial charge < -0.3 is 10.2 Å². The monoisotopic (exact) mass is 316 g/mol. The van der Waals surface area contributed by atoms with Gasteiger partial charge in [0.25, 0.3) is 0 Å². The fourth-order valence-electron chi connectivity index (χ4n) is 2.46. The van der Waals surface area contributed by atoms with Gasteiger partial charge in [0, 0.05) is 36.9 Å². The highest BCUT2D eigenvalue weighted by Crippen LogP contribution is 2.17. The first-order chi connectivity index (χ1) is 10.7. The summed E-state index contributed by atoms with van der Waals surface area (Å²) in [6.07, 6.45) is 6.23. The van der Waals surface area contributed by atoms with Crippen LogP contribution < -0.4 is 10.2 Å². The Balaban J connectivity index is 1.40. The molecule has 1 fully saturated rings. The summed E-state index contributed by atoms with van der Waals surface area (Å²) in [6.45, 7) is 1.56. The number of nitrogens with zero attached hydrogens (tertiary/aromatic N) is 3.